The maximum atomic E-state index is 15.0. The monoisotopic (exact) mass is 548 g/mol. The lowest BCUT2D eigenvalue weighted by Gasteiger charge is -2.27. The van der Waals surface area contributed by atoms with Crippen LogP contribution in [0.3, 0.4) is 0 Å². The van der Waals surface area contributed by atoms with Crippen LogP contribution in [-0.4, -0.2) is 11.7 Å². The fraction of sp³-hybridized carbons (Fsp3) is 0.371. The zero-order chi connectivity index (χ0) is 28.5. The van der Waals surface area contributed by atoms with Gasteiger partial charge in [-0.2, -0.15) is 0 Å². The average molecular weight is 549 g/mol. The normalized spacial score (nSPS) is 18.1. The molecule has 1 aliphatic rings. The number of aliphatic hydroxyl groups is 1. The maximum Gasteiger partial charge on any atom is 0.167 e. The Morgan fingerprint density at radius 3 is 2.40 bits per heavy atom. The zero-order valence-corrected chi connectivity index (χ0v) is 23.2. The summed E-state index contributed by atoms with van der Waals surface area (Å²) in [4.78, 5) is 0. The third-order valence-electron chi connectivity index (χ3n) is 7.84. The first-order valence-corrected chi connectivity index (χ1v) is 14.4. The smallest absolute Gasteiger partial charge is 0.167 e. The number of halogens is 3. The minimum absolute atomic E-state index is 0.201. The highest BCUT2D eigenvalue weighted by Gasteiger charge is 2.22. The highest BCUT2D eigenvalue weighted by Crippen LogP contribution is 2.38. The maximum absolute atomic E-state index is 15.0. The van der Waals surface area contributed by atoms with Crippen molar-refractivity contribution < 1.29 is 23.0 Å². The molecule has 5 heteroatoms. The highest BCUT2D eigenvalue weighted by molar-refractivity contribution is 5.67. The highest BCUT2D eigenvalue weighted by atomic mass is 19.2. The van der Waals surface area contributed by atoms with Gasteiger partial charge >= 0.3 is 0 Å². The van der Waals surface area contributed by atoms with E-state index in [9.17, 15) is 18.3 Å². The van der Waals surface area contributed by atoms with Crippen LogP contribution in [0.25, 0.3) is 17.2 Å². The second-order valence-corrected chi connectivity index (χ2v) is 10.7. The van der Waals surface area contributed by atoms with E-state index in [1.54, 1.807) is 54.6 Å². The Hall–Kier alpha value is -3.31. The van der Waals surface area contributed by atoms with Crippen molar-refractivity contribution in [3.8, 4) is 16.9 Å². The molecule has 1 unspecified atom stereocenters. The molecule has 0 radical (unpaired) electrons. The van der Waals surface area contributed by atoms with Crippen molar-refractivity contribution in [3.63, 3.8) is 0 Å². The Bertz CT molecular complexity index is 1290. The lowest BCUT2D eigenvalue weighted by molar-refractivity contribution is 0.166. The minimum Gasteiger partial charge on any atom is -0.491 e. The Morgan fingerprint density at radius 1 is 0.975 bits per heavy atom. The van der Waals surface area contributed by atoms with Gasteiger partial charge in [0.15, 0.2) is 23.2 Å². The SMILES string of the molecule is C=CCCCOc1ccc(C2CCC(/C=C/c3ccc(-c4ccc(C(O)CCC)cc4)c(F)c3F)CC2)cc1F. The van der Waals surface area contributed by atoms with Crippen LogP contribution in [0.5, 0.6) is 5.75 Å². The van der Waals surface area contributed by atoms with Gasteiger partial charge < -0.3 is 9.84 Å². The molecule has 0 bridgehead atoms. The van der Waals surface area contributed by atoms with Crippen molar-refractivity contribution in [2.75, 3.05) is 6.61 Å². The fourth-order valence-corrected chi connectivity index (χ4v) is 5.42. The number of ether oxygens (including phenoxy) is 1. The number of benzene rings is 3. The van der Waals surface area contributed by atoms with Gasteiger partial charge in [-0.1, -0.05) is 74.0 Å². The van der Waals surface area contributed by atoms with E-state index in [1.807, 2.05) is 25.1 Å². The first kappa shape index (κ1) is 29.7. The van der Waals surface area contributed by atoms with Gasteiger partial charge in [0.2, 0.25) is 0 Å². The molecule has 3 aromatic carbocycles. The van der Waals surface area contributed by atoms with Gasteiger partial charge in [0.1, 0.15) is 0 Å². The van der Waals surface area contributed by atoms with E-state index in [0.29, 0.717) is 18.6 Å². The van der Waals surface area contributed by atoms with Crippen LogP contribution >= 0.6 is 0 Å². The zero-order valence-electron chi connectivity index (χ0n) is 23.2. The number of allylic oxidation sites excluding steroid dienone is 2. The fourth-order valence-electron chi connectivity index (χ4n) is 5.42. The number of unbranched alkanes of at least 4 members (excludes halogenated alkanes) is 1. The van der Waals surface area contributed by atoms with Gasteiger partial charge in [0.25, 0.3) is 0 Å². The summed E-state index contributed by atoms with van der Waals surface area (Å²) in [5.41, 5.74) is 2.75. The largest absolute Gasteiger partial charge is 0.491 e. The van der Waals surface area contributed by atoms with Crippen molar-refractivity contribution in [1.29, 1.82) is 0 Å². The van der Waals surface area contributed by atoms with Crippen molar-refractivity contribution in [2.24, 2.45) is 5.92 Å². The van der Waals surface area contributed by atoms with Crippen LogP contribution in [0.4, 0.5) is 13.2 Å². The number of rotatable bonds is 12. The van der Waals surface area contributed by atoms with E-state index in [4.69, 9.17) is 4.74 Å². The standard InChI is InChI=1S/C35H39F3O2/c1-3-5-6-22-40-33-21-19-29(23-31(33)36)25-11-8-24(9-12-25)10-13-28-18-20-30(35(38)34(28)37)26-14-16-27(17-15-26)32(39)7-4-2/h3,10,13-21,23-25,32,39H,1,4-9,11-12,22H2,2H3/b13-10+. The summed E-state index contributed by atoms with van der Waals surface area (Å²) >= 11 is 0. The molecule has 0 aliphatic heterocycles. The van der Waals surface area contributed by atoms with Gasteiger partial charge in [-0.3, -0.25) is 0 Å². The van der Waals surface area contributed by atoms with E-state index in [-0.39, 0.29) is 34.5 Å². The third kappa shape index (κ3) is 7.45. The quantitative estimate of drug-likeness (QED) is 0.180. The summed E-state index contributed by atoms with van der Waals surface area (Å²) in [5.74, 6) is -1.24. The predicted molar refractivity (Wildman–Crippen MR) is 157 cm³/mol. The summed E-state index contributed by atoms with van der Waals surface area (Å²) in [7, 11) is 0. The predicted octanol–water partition coefficient (Wildman–Crippen LogP) is 9.94. The summed E-state index contributed by atoms with van der Waals surface area (Å²) in [6.07, 6.45) is 11.7. The van der Waals surface area contributed by atoms with E-state index in [0.717, 1.165) is 56.1 Å². The minimum atomic E-state index is -0.872. The summed E-state index contributed by atoms with van der Waals surface area (Å²) < 4.78 is 50.1. The van der Waals surface area contributed by atoms with Gasteiger partial charge in [-0.05, 0) is 85.6 Å². The summed E-state index contributed by atoms with van der Waals surface area (Å²) in [5, 5.41) is 10.2. The number of hydrogen-bond acceptors (Lipinski definition) is 2. The van der Waals surface area contributed by atoms with E-state index >= 15 is 0 Å². The van der Waals surface area contributed by atoms with Crippen LogP contribution in [0.2, 0.25) is 0 Å². The Balaban J connectivity index is 1.34. The van der Waals surface area contributed by atoms with E-state index in [2.05, 4.69) is 6.58 Å². The molecule has 0 aromatic heterocycles. The first-order valence-electron chi connectivity index (χ1n) is 14.4. The lowest BCUT2D eigenvalue weighted by atomic mass is 9.78. The molecule has 212 valence electrons. The molecule has 4 rings (SSSR count). The van der Waals surface area contributed by atoms with Gasteiger partial charge in [-0.15, -0.1) is 6.58 Å². The van der Waals surface area contributed by atoms with Crippen molar-refractivity contribution in [2.45, 2.75) is 70.3 Å². The van der Waals surface area contributed by atoms with Crippen LogP contribution < -0.4 is 4.74 Å². The van der Waals surface area contributed by atoms with Crippen LogP contribution in [-0.2, 0) is 0 Å². The number of hydrogen-bond donors (Lipinski definition) is 1. The summed E-state index contributed by atoms with van der Waals surface area (Å²) in [6.45, 7) is 6.14. The lowest BCUT2D eigenvalue weighted by Crippen LogP contribution is -2.12. The molecule has 0 saturated heterocycles. The Morgan fingerprint density at radius 2 is 1.73 bits per heavy atom. The molecule has 0 spiro atoms. The molecule has 1 fully saturated rings. The molecular weight excluding hydrogens is 509 g/mol. The van der Waals surface area contributed by atoms with Crippen molar-refractivity contribution >= 4 is 6.08 Å². The molecule has 1 N–H and O–H groups in total. The molecule has 0 amide bonds. The topological polar surface area (TPSA) is 29.5 Å². The van der Waals surface area contributed by atoms with Gasteiger partial charge in [0, 0.05) is 11.1 Å². The second-order valence-electron chi connectivity index (χ2n) is 10.7. The second kappa shape index (κ2) is 14.4. The van der Waals surface area contributed by atoms with Crippen molar-refractivity contribution in [3.05, 3.63) is 107 Å². The van der Waals surface area contributed by atoms with Gasteiger partial charge in [0.05, 0.1) is 12.7 Å². The summed E-state index contributed by atoms with van der Waals surface area (Å²) in [6, 6.07) is 15.4. The molecule has 1 aliphatic carbocycles. The molecule has 3 aromatic rings. The Labute approximate surface area is 236 Å². The molecule has 2 nitrogen and oxygen atoms in total. The van der Waals surface area contributed by atoms with Gasteiger partial charge in [-0.25, -0.2) is 13.2 Å². The number of aliphatic hydroxyl groups excluding tert-OH is 1. The molecular formula is C35H39F3O2. The molecule has 1 saturated carbocycles. The average Bonchev–Trinajstić information content (AvgIpc) is 2.97. The first-order chi connectivity index (χ1) is 19.4. The Kier molecular flexibility index (Phi) is 10.7. The van der Waals surface area contributed by atoms with Crippen LogP contribution in [0.15, 0.2) is 73.3 Å². The van der Waals surface area contributed by atoms with E-state index < -0.39 is 17.7 Å². The molecule has 40 heavy (non-hydrogen) atoms. The van der Waals surface area contributed by atoms with Crippen LogP contribution in [0, 0.1) is 23.4 Å². The van der Waals surface area contributed by atoms with Crippen molar-refractivity contribution in [1.82, 2.24) is 0 Å². The third-order valence-corrected chi connectivity index (χ3v) is 7.84. The molecule has 1 atom stereocenters. The van der Waals surface area contributed by atoms with Crippen LogP contribution in [0.1, 0.15) is 87.0 Å². The van der Waals surface area contributed by atoms with E-state index in [1.165, 1.54) is 0 Å². The molecule has 0 heterocycles.